The van der Waals surface area contributed by atoms with Gasteiger partial charge in [0.15, 0.2) is 0 Å². The lowest BCUT2D eigenvalue weighted by Gasteiger charge is -2.18. The molecule has 2 aliphatic rings. The van der Waals surface area contributed by atoms with E-state index in [1.54, 1.807) is 0 Å². The van der Waals surface area contributed by atoms with Gasteiger partial charge in [0.05, 0.1) is 0 Å². The lowest BCUT2D eigenvalue weighted by molar-refractivity contribution is 0.494. The zero-order valence-corrected chi connectivity index (χ0v) is 11.2. The van der Waals surface area contributed by atoms with Crippen molar-refractivity contribution < 1.29 is 0 Å². The van der Waals surface area contributed by atoms with E-state index in [1.165, 1.54) is 37.9 Å². The minimum Gasteiger partial charge on any atom is -0.356 e. The van der Waals surface area contributed by atoms with Crippen molar-refractivity contribution in [1.29, 1.82) is 0 Å². The third-order valence-corrected chi connectivity index (χ3v) is 4.42. The molecule has 0 spiro atoms. The van der Waals surface area contributed by atoms with E-state index >= 15 is 0 Å². The molecule has 18 heavy (non-hydrogen) atoms. The number of hydrogen-bond donors (Lipinski definition) is 1. The van der Waals surface area contributed by atoms with Crippen molar-refractivity contribution in [2.45, 2.75) is 38.6 Å². The Hall–Kier alpha value is -1.09. The second-order valence-electron chi connectivity index (χ2n) is 6.06. The third kappa shape index (κ3) is 2.37. The van der Waals surface area contributed by atoms with Crippen LogP contribution in [0, 0.1) is 11.8 Å². The van der Waals surface area contributed by atoms with Crippen LogP contribution in [0.15, 0.2) is 18.3 Å². The highest BCUT2D eigenvalue weighted by molar-refractivity contribution is 5.41. The Kier molecular flexibility index (Phi) is 3.25. The summed E-state index contributed by atoms with van der Waals surface area (Å²) in [6, 6.07) is 4.56. The van der Waals surface area contributed by atoms with E-state index < -0.39 is 0 Å². The minimum absolute atomic E-state index is 0.212. The summed E-state index contributed by atoms with van der Waals surface area (Å²) in [6.07, 6.45) is 7.18. The summed E-state index contributed by atoms with van der Waals surface area (Å²) in [5.74, 6) is 3.00. The van der Waals surface area contributed by atoms with Crippen molar-refractivity contribution in [3.05, 3.63) is 23.9 Å². The number of nitrogens with two attached hydrogens (primary N) is 1. The first kappa shape index (κ1) is 12.0. The van der Waals surface area contributed by atoms with Crippen LogP contribution in [-0.2, 0) is 6.42 Å². The van der Waals surface area contributed by atoms with Gasteiger partial charge in [-0.1, -0.05) is 12.5 Å². The number of pyridine rings is 1. The zero-order chi connectivity index (χ0) is 12.5. The normalized spacial score (nSPS) is 28.4. The summed E-state index contributed by atoms with van der Waals surface area (Å²) in [6.45, 7) is 4.46. The summed E-state index contributed by atoms with van der Waals surface area (Å²) in [4.78, 5) is 7.07. The number of anilines is 1. The molecule has 1 saturated heterocycles. The summed E-state index contributed by atoms with van der Waals surface area (Å²) in [5, 5.41) is 0. The molecule has 1 aliphatic carbocycles. The number of hydrogen-bond acceptors (Lipinski definition) is 3. The quantitative estimate of drug-likeness (QED) is 0.887. The van der Waals surface area contributed by atoms with Gasteiger partial charge in [-0.2, -0.15) is 0 Å². The molecule has 0 aromatic carbocycles. The standard InChI is InChI=1S/C15H23N3/c1-11(16)7-12-5-6-15(17-8-12)18-9-13-3-2-4-14(13)10-18/h5-6,8,11,13-14H,2-4,7,9-10,16H2,1H3. The Morgan fingerprint density at radius 3 is 2.61 bits per heavy atom. The van der Waals surface area contributed by atoms with Crippen molar-refractivity contribution >= 4 is 5.82 Å². The average molecular weight is 245 g/mol. The van der Waals surface area contributed by atoms with Crippen LogP contribution in [0.25, 0.3) is 0 Å². The Labute approximate surface area is 109 Å². The van der Waals surface area contributed by atoms with Crippen molar-refractivity contribution in [3.63, 3.8) is 0 Å². The molecular formula is C15H23N3. The maximum absolute atomic E-state index is 5.81. The Morgan fingerprint density at radius 2 is 2.06 bits per heavy atom. The first-order valence-electron chi connectivity index (χ1n) is 7.18. The maximum Gasteiger partial charge on any atom is 0.128 e. The molecule has 2 N–H and O–H groups in total. The highest BCUT2D eigenvalue weighted by Gasteiger charge is 2.36. The van der Waals surface area contributed by atoms with Gasteiger partial charge >= 0.3 is 0 Å². The first-order valence-corrected chi connectivity index (χ1v) is 7.18. The van der Waals surface area contributed by atoms with E-state index in [2.05, 4.69) is 22.0 Å². The SMILES string of the molecule is CC(N)Cc1ccc(N2CC3CCCC3C2)nc1. The third-order valence-electron chi connectivity index (χ3n) is 4.42. The fourth-order valence-electron chi connectivity index (χ4n) is 3.52. The topological polar surface area (TPSA) is 42.1 Å². The van der Waals surface area contributed by atoms with Crippen LogP contribution in [0.1, 0.15) is 31.7 Å². The lowest BCUT2D eigenvalue weighted by atomic mass is 10.0. The molecule has 2 heterocycles. The van der Waals surface area contributed by atoms with Crippen molar-refractivity contribution in [3.8, 4) is 0 Å². The van der Waals surface area contributed by atoms with Crippen LogP contribution < -0.4 is 10.6 Å². The highest BCUT2D eigenvalue weighted by Crippen LogP contribution is 2.38. The van der Waals surface area contributed by atoms with Gasteiger partial charge < -0.3 is 10.6 Å². The van der Waals surface area contributed by atoms with E-state index in [0.29, 0.717) is 0 Å². The van der Waals surface area contributed by atoms with E-state index in [9.17, 15) is 0 Å². The second kappa shape index (κ2) is 4.88. The largest absolute Gasteiger partial charge is 0.356 e. The number of aromatic nitrogens is 1. The first-order chi connectivity index (χ1) is 8.72. The molecule has 1 saturated carbocycles. The molecule has 2 fully saturated rings. The monoisotopic (exact) mass is 245 g/mol. The van der Waals surface area contributed by atoms with Crippen LogP contribution in [0.4, 0.5) is 5.82 Å². The Bertz CT molecular complexity index is 387. The van der Waals surface area contributed by atoms with Gasteiger partial charge in [0, 0.05) is 25.3 Å². The zero-order valence-electron chi connectivity index (χ0n) is 11.2. The highest BCUT2D eigenvalue weighted by atomic mass is 15.2. The van der Waals surface area contributed by atoms with Crippen molar-refractivity contribution in [2.24, 2.45) is 17.6 Å². The second-order valence-corrected chi connectivity index (χ2v) is 6.06. The number of nitrogens with zero attached hydrogens (tertiary/aromatic N) is 2. The molecule has 3 nitrogen and oxygen atoms in total. The van der Waals surface area contributed by atoms with E-state index in [0.717, 1.165) is 24.1 Å². The predicted octanol–water partition coefficient (Wildman–Crippen LogP) is 2.21. The number of rotatable bonds is 3. The number of fused-ring (bicyclic) bond motifs is 1. The van der Waals surface area contributed by atoms with Gasteiger partial charge in [0.25, 0.3) is 0 Å². The summed E-state index contributed by atoms with van der Waals surface area (Å²) >= 11 is 0. The van der Waals surface area contributed by atoms with Gasteiger partial charge in [-0.3, -0.25) is 0 Å². The molecule has 3 rings (SSSR count). The van der Waals surface area contributed by atoms with Gasteiger partial charge in [-0.05, 0) is 49.7 Å². The maximum atomic E-state index is 5.81. The van der Waals surface area contributed by atoms with Gasteiger partial charge in [0.2, 0.25) is 0 Å². The van der Waals surface area contributed by atoms with Gasteiger partial charge in [-0.15, -0.1) is 0 Å². The van der Waals surface area contributed by atoms with E-state index in [4.69, 9.17) is 5.73 Å². The molecule has 1 aliphatic heterocycles. The van der Waals surface area contributed by atoms with Crippen LogP contribution in [0.3, 0.4) is 0 Å². The molecule has 0 amide bonds. The molecule has 3 heteroatoms. The Balaban J connectivity index is 1.66. The van der Waals surface area contributed by atoms with Gasteiger partial charge in [0.1, 0.15) is 5.82 Å². The smallest absolute Gasteiger partial charge is 0.128 e. The molecule has 1 aromatic rings. The van der Waals surface area contributed by atoms with Gasteiger partial charge in [-0.25, -0.2) is 4.98 Å². The van der Waals surface area contributed by atoms with Crippen LogP contribution in [0.5, 0.6) is 0 Å². The van der Waals surface area contributed by atoms with Crippen molar-refractivity contribution in [1.82, 2.24) is 4.98 Å². The summed E-state index contributed by atoms with van der Waals surface area (Å²) in [7, 11) is 0. The van der Waals surface area contributed by atoms with Crippen LogP contribution in [0.2, 0.25) is 0 Å². The summed E-state index contributed by atoms with van der Waals surface area (Å²) < 4.78 is 0. The van der Waals surface area contributed by atoms with Crippen molar-refractivity contribution in [2.75, 3.05) is 18.0 Å². The fraction of sp³-hybridized carbons (Fsp3) is 0.667. The minimum atomic E-state index is 0.212. The fourth-order valence-corrected chi connectivity index (χ4v) is 3.52. The molecule has 0 radical (unpaired) electrons. The van der Waals surface area contributed by atoms with E-state index in [1.807, 2.05) is 13.1 Å². The summed E-state index contributed by atoms with van der Waals surface area (Å²) in [5.41, 5.74) is 7.05. The average Bonchev–Trinajstić information content (AvgIpc) is 2.89. The van der Waals surface area contributed by atoms with Crippen LogP contribution in [-0.4, -0.2) is 24.1 Å². The molecule has 98 valence electrons. The molecular weight excluding hydrogens is 222 g/mol. The molecule has 0 bridgehead atoms. The molecule has 3 atom stereocenters. The lowest BCUT2D eigenvalue weighted by Crippen LogP contribution is -2.22. The Morgan fingerprint density at radius 1 is 1.33 bits per heavy atom. The predicted molar refractivity (Wildman–Crippen MR) is 74.6 cm³/mol. The molecule has 1 aromatic heterocycles. The van der Waals surface area contributed by atoms with E-state index in [-0.39, 0.29) is 6.04 Å². The molecule has 3 unspecified atom stereocenters. The van der Waals surface area contributed by atoms with Crippen LogP contribution >= 0.6 is 0 Å².